The smallest absolute Gasteiger partial charge is 0.372 e. The van der Waals surface area contributed by atoms with Gasteiger partial charge in [-0.05, 0) is 11.8 Å². The molecule has 2 unspecified atom stereocenters. The third-order valence-corrected chi connectivity index (χ3v) is 4.33. The second-order valence-corrected chi connectivity index (χ2v) is 7.11. The number of carboxylic acids is 1. The van der Waals surface area contributed by atoms with Crippen molar-refractivity contribution in [1.29, 1.82) is 0 Å². The minimum absolute atomic E-state index is 0.0298. The summed E-state index contributed by atoms with van der Waals surface area (Å²) in [5.74, 6) is -2.86. The molecule has 0 radical (unpaired) electrons. The number of aliphatic carboxylic acids is 1. The molecule has 1 N–H and O–H groups in total. The van der Waals surface area contributed by atoms with E-state index in [0.717, 1.165) is 12.8 Å². The molecule has 0 spiro atoms. The lowest BCUT2D eigenvalue weighted by atomic mass is 9.97. The van der Waals surface area contributed by atoms with Crippen LogP contribution >= 0.6 is 0 Å². The predicted octanol–water partition coefficient (Wildman–Crippen LogP) is 3.47. The minimum atomic E-state index is -1.40. The van der Waals surface area contributed by atoms with Crippen LogP contribution in [0.2, 0.25) is 0 Å². The highest BCUT2D eigenvalue weighted by Gasteiger charge is 2.54. The number of hydrogen-bond donors (Lipinski definition) is 1. The van der Waals surface area contributed by atoms with E-state index in [1.54, 1.807) is 0 Å². The quantitative estimate of drug-likeness (QED) is 0.235. The first kappa shape index (κ1) is 29.0. The summed E-state index contributed by atoms with van der Waals surface area (Å²) < 4.78 is 0. The Morgan fingerprint density at radius 3 is 1.69 bits per heavy atom. The van der Waals surface area contributed by atoms with E-state index < -0.39 is 17.5 Å². The lowest BCUT2D eigenvalue weighted by molar-refractivity contribution is -0.148. The molecule has 1 fully saturated rings. The molecule has 1 rings (SSSR count). The molecule has 0 bridgehead atoms. The zero-order valence-electron chi connectivity index (χ0n) is 18.3. The van der Waals surface area contributed by atoms with Crippen LogP contribution in [-0.2, 0) is 33.7 Å². The number of hydrogen-bond acceptors (Lipinski definition) is 7. The van der Waals surface area contributed by atoms with E-state index in [1.807, 2.05) is 13.8 Å². The van der Waals surface area contributed by atoms with Gasteiger partial charge in [0.1, 0.15) is 0 Å². The molecule has 0 aromatic heterocycles. The van der Waals surface area contributed by atoms with Crippen LogP contribution in [0.3, 0.4) is 0 Å². The second-order valence-electron chi connectivity index (χ2n) is 7.11. The number of carbonyl (C=O) groups is 5. The van der Waals surface area contributed by atoms with Crippen LogP contribution in [0.25, 0.3) is 0 Å². The van der Waals surface area contributed by atoms with E-state index >= 15 is 0 Å². The fourth-order valence-electron chi connectivity index (χ4n) is 1.81. The van der Waals surface area contributed by atoms with Gasteiger partial charge in [-0.15, -0.1) is 6.58 Å². The molecule has 0 aliphatic carbocycles. The maximum atomic E-state index is 10.9. The van der Waals surface area contributed by atoms with Crippen molar-refractivity contribution in [3.8, 4) is 0 Å². The first-order valence-electron chi connectivity index (χ1n) is 9.65. The lowest BCUT2D eigenvalue weighted by Gasteiger charge is -2.08. The van der Waals surface area contributed by atoms with E-state index in [-0.39, 0.29) is 23.8 Å². The van der Waals surface area contributed by atoms with E-state index in [9.17, 15) is 24.0 Å². The molecule has 0 amide bonds. The summed E-state index contributed by atoms with van der Waals surface area (Å²) >= 11 is 0. The fourth-order valence-corrected chi connectivity index (χ4v) is 1.81. The van der Waals surface area contributed by atoms with E-state index in [1.165, 1.54) is 19.9 Å². The molecule has 8 nitrogen and oxygen atoms in total. The van der Waals surface area contributed by atoms with Gasteiger partial charge in [-0.3, -0.25) is 19.2 Å². The van der Waals surface area contributed by atoms with E-state index in [4.69, 9.17) is 5.11 Å². The van der Waals surface area contributed by atoms with Crippen molar-refractivity contribution < 1.29 is 38.9 Å². The average Bonchev–Trinajstić information content (AvgIpc) is 3.43. The molecule has 166 valence electrons. The Morgan fingerprint density at radius 2 is 1.45 bits per heavy atom. The van der Waals surface area contributed by atoms with Gasteiger partial charge in [-0.1, -0.05) is 46.6 Å². The summed E-state index contributed by atoms with van der Waals surface area (Å²) in [7, 11) is 0. The van der Waals surface area contributed by atoms with Gasteiger partial charge in [0.2, 0.25) is 5.78 Å². The lowest BCUT2D eigenvalue weighted by Crippen LogP contribution is -2.23. The highest BCUT2D eigenvalue weighted by molar-refractivity contribution is 6.36. The molecule has 29 heavy (non-hydrogen) atoms. The normalized spacial score (nSPS) is 15.2. The van der Waals surface area contributed by atoms with Crippen molar-refractivity contribution in [2.75, 3.05) is 0 Å². The van der Waals surface area contributed by atoms with Crippen LogP contribution in [0.15, 0.2) is 12.7 Å². The summed E-state index contributed by atoms with van der Waals surface area (Å²) in [4.78, 5) is 61.3. The maximum Gasteiger partial charge on any atom is 0.372 e. The summed E-state index contributed by atoms with van der Waals surface area (Å²) in [5, 5.41) is 7.92. The van der Waals surface area contributed by atoms with Crippen LogP contribution in [0.1, 0.15) is 73.6 Å². The zero-order valence-corrected chi connectivity index (χ0v) is 18.3. The monoisotopic (exact) mass is 414 g/mol. The molecular weight excluding hydrogens is 380 g/mol. The topological polar surface area (TPSA) is 131 Å². The molecule has 1 saturated heterocycles. The molecule has 0 aromatic rings. The van der Waals surface area contributed by atoms with Gasteiger partial charge in [-0.25, -0.2) is 4.79 Å². The summed E-state index contributed by atoms with van der Waals surface area (Å²) in [6.45, 7) is 14.2. The number of allylic oxidation sites excluding steroid dienone is 1. The second kappa shape index (κ2) is 14.8. The third-order valence-electron chi connectivity index (χ3n) is 4.33. The molecule has 2 atom stereocenters. The van der Waals surface area contributed by atoms with Crippen LogP contribution in [0.4, 0.5) is 0 Å². The van der Waals surface area contributed by atoms with Crippen LogP contribution in [0, 0.1) is 11.8 Å². The average molecular weight is 414 g/mol. The first-order chi connectivity index (χ1) is 13.4. The number of rotatable bonds is 11. The third kappa shape index (κ3) is 13.6. The SMILES string of the molecule is C=CCC(=O)C(=O)O.CCC(C)CC(=O)C(C)=O.CCC(C)CC1(C(C)=O)OO1. The van der Waals surface area contributed by atoms with Gasteiger partial charge >= 0.3 is 5.97 Å². The van der Waals surface area contributed by atoms with Crippen LogP contribution in [0.5, 0.6) is 0 Å². The molecule has 1 heterocycles. The predicted molar refractivity (Wildman–Crippen MR) is 107 cm³/mol. The highest BCUT2D eigenvalue weighted by Crippen LogP contribution is 2.37. The van der Waals surface area contributed by atoms with Crippen LogP contribution in [-0.4, -0.2) is 40.0 Å². The summed E-state index contributed by atoms with van der Waals surface area (Å²) in [5.41, 5.74) is 0. The molecule has 0 aromatic carbocycles. The van der Waals surface area contributed by atoms with Crippen molar-refractivity contribution in [2.24, 2.45) is 11.8 Å². The summed E-state index contributed by atoms with van der Waals surface area (Å²) in [6.07, 6.45) is 4.26. The molecular formula is C21H34O8. The van der Waals surface area contributed by atoms with Crippen molar-refractivity contribution in [1.82, 2.24) is 0 Å². The van der Waals surface area contributed by atoms with Crippen molar-refractivity contribution >= 4 is 29.1 Å². The zero-order chi connectivity index (χ0) is 23.2. The Balaban J connectivity index is 0. The molecule has 8 heteroatoms. The largest absolute Gasteiger partial charge is 0.475 e. The first-order valence-corrected chi connectivity index (χ1v) is 9.65. The van der Waals surface area contributed by atoms with Gasteiger partial charge in [0, 0.05) is 33.1 Å². The van der Waals surface area contributed by atoms with E-state index in [0.29, 0.717) is 24.7 Å². The Hall–Kier alpha value is -2.19. The van der Waals surface area contributed by atoms with Gasteiger partial charge in [-0.2, -0.15) is 9.78 Å². The van der Waals surface area contributed by atoms with E-state index in [2.05, 4.69) is 30.2 Å². The number of carbonyl (C=O) groups excluding carboxylic acids is 4. The number of carboxylic acid groups (broad SMARTS) is 1. The van der Waals surface area contributed by atoms with Crippen LogP contribution < -0.4 is 0 Å². The molecule has 1 aliphatic heterocycles. The fraction of sp³-hybridized carbons (Fsp3) is 0.667. The van der Waals surface area contributed by atoms with Gasteiger partial charge in [0.05, 0.1) is 0 Å². The summed E-state index contributed by atoms with van der Waals surface area (Å²) in [6, 6.07) is 0. The number of Topliss-reactive ketones (excluding diaryl/α,β-unsaturated/α-hetero) is 4. The van der Waals surface area contributed by atoms with Crippen molar-refractivity contribution in [2.45, 2.75) is 79.4 Å². The highest BCUT2D eigenvalue weighted by atomic mass is 17.4. The Bertz CT molecular complexity index is 589. The van der Waals surface area contributed by atoms with Gasteiger partial charge in [0.25, 0.3) is 5.79 Å². The Labute approximate surface area is 172 Å². The number of ketones is 4. The molecule has 0 saturated carbocycles. The minimum Gasteiger partial charge on any atom is -0.475 e. The van der Waals surface area contributed by atoms with Gasteiger partial charge < -0.3 is 5.11 Å². The van der Waals surface area contributed by atoms with Gasteiger partial charge in [0.15, 0.2) is 17.3 Å². The van der Waals surface area contributed by atoms with Crippen molar-refractivity contribution in [3.63, 3.8) is 0 Å². The Kier molecular flexibility index (Phi) is 14.8. The Morgan fingerprint density at radius 1 is 0.966 bits per heavy atom. The maximum absolute atomic E-state index is 10.9. The molecule has 1 aliphatic rings. The van der Waals surface area contributed by atoms with Crippen molar-refractivity contribution in [3.05, 3.63) is 12.7 Å². The standard InChI is InChI=1S/C8H14O3.C8H14O2.C5H6O3/c1-4-6(2)5-8(7(3)9)10-11-8;1-4-6(2)5-8(10)7(3)9;1-2-3-4(6)5(7)8/h6H,4-5H2,1-3H3;6H,4-5H2,1-3H3;2H,1,3H2,(H,7,8).